The highest BCUT2D eigenvalue weighted by Gasteiger charge is 2.12. The molecule has 0 aliphatic carbocycles. The molecule has 1 fully saturated rings. The Hall–Kier alpha value is -0.610. The second-order valence-electron chi connectivity index (χ2n) is 3.92. The first-order valence-electron chi connectivity index (χ1n) is 5.38. The van der Waals surface area contributed by atoms with Crippen molar-refractivity contribution in [2.24, 2.45) is 0 Å². The zero-order valence-electron chi connectivity index (χ0n) is 8.83. The van der Waals surface area contributed by atoms with Gasteiger partial charge in [-0.2, -0.15) is 0 Å². The Balaban J connectivity index is 2.05. The molecule has 0 aromatic heterocycles. The molecule has 4 heteroatoms. The fraction of sp³-hybridized carbons (Fsp3) is 0.900. The molecule has 14 heavy (non-hydrogen) atoms. The number of likely N-dealkylation sites (tertiary alicyclic amines) is 1. The summed E-state index contributed by atoms with van der Waals surface area (Å²) in [5, 5.41) is 11.6. The first-order chi connectivity index (χ1) is 6.70. The van der Waals surface area contributed by atoms with E-state index in [0.29, 0.717) is 0 Å². The van der Waals surface area contributed by atoms with Crippen molar-refractivity contribution in [3.05, 3.63) is 0 Å². The molecule has 0 aromatic rings. The van der Waals surface area contributed by atoms with Gasteiger partial charge < -0.3 is 15.3 Å². The maximum atomic E-state index is 10.5. The van der Waals surface area contributed by atoms with E-state index in [1.165, 1.54) is 32.4 Å². The molecule has 0 amide bonds. The van der Waals surface area contributed by atoms with Gasteiger partial charge in [0.05, 0.1) is 0 Å². The van der Waals surface area contributed by atoms with Crippen LogP contribution >= 0.6 is 0 Å². The van der Waals surface area contributed by atoms with Crippen molar-refractivity contribution in [2.75, 3.05) is 26.2 Å². The standard InChI is InChI=1S/C10H20N2O2/c1-9(10(13)14)11-5-8-12-6-3-2-4-7-12/h9,11H,2-8H2,1H3,(H,13,14)/t9-/m1/s1. The van der Waals surface area contributed by atoms with Gasteiger partial charge in [0.1, 0.15) is 6.04 Å². The topological polar surface area (TPSA) is 52.6 Å². The zero-order valence-corrected chi connectivity index (χ0v) is 8.83. The van der Waals surface area contributed by atoms with Crippen LogP contribution in [0.4, 0.5) is 0 Å². The fourth-order valence-corrected chi connectivity index (χ4v) is 1.71. The molecule has 4 nitrogen and oxygen atoms in total. The van der Waals surface area contributed by atoms with Gasteiger partial charge >= 0.3 is 5.97 Å². The molecule has 0 aromatic carbocycles. The van der Waals surface area contributed by atoms with E-state index >= 15 is 0 Å². The molecule has 0 radical (unpaired) electrons. The second kappa shape index (κ2) is 5.98. The van der Waals surface area contributed by atoms with Gasteiger partial charge in [-0.3, -0.25) is 4.79 Å². The Kier molecular flexibility index (Phi) is 4.90. The molecule has 1 aliphatic heterocycles. The molecule has 0 saturated carbocycles. The van der Waals surface area contributed by atoms with Crippen molar-refractivity contribution in [1.29, 1.82) is 0 Å². The van der Waals surface area contributed by atoms with Crippen molar-refractivity contribution in [2.45, 2.75) is 32.2 Å². The molecule has 1 atom stereocenters. The molecule has 1 rings (SSSR count). The Morgan fingerprint density at radius 3 is 2.64 bits per heavy atom. The normalized spacial score (nSPS) is 20.6. The van der Waals surface area contributed by atoms with Crippen LogP contribution in [0.3, 0.4) is 0 Å². The maximum Gasteiger partial charge on any atom is 0.320 e. The Labute approximate surface area is 85.3 Å². The molecule has 1 heterocycles. The first kappa shape index (κ1) is 11.5. The van der Waals surface area contributed by atoms with E-state index in [4.69, 9.17) is 5.11 Å². The summed E-state index contributed by atoms with van der Waals surface area (Å²) < 4.78 is 0. The summed E-state index contributed by atoms with van der Waals surface area (Å²) >= 11 is 0. The van der Waals surface area contributed by atoms with Crippen LogP contribution in [0.5, 0.6) is 0 Å². The quantitative estimate of drug-likeness (QED) is 0.680. The fourth-order valence-electron chi connectivity index (χ4n) is 1.71. The van der Waals surface area contributed by atoms with E-state index in [1.807, 2.05) is 0 Å². The third-order valence-electron chi connectivity index (χ3n) is 2.70. The monoisotopic (exact) mass is 200 g/mol. The number of carboxylic acids is 1. The summed E-state index contributed by atoms with van der Waals surface area (Å²) in [5.41, 5.74) is 0. The van der Waals surface area contributed by atoms with E-state index in [9.17, 15) is 4.79 Å². The van der Waals surface area contributed by atoms with Crippen LogP contribution in [-0.4, -0.2) is 48.2 Å². The van der Waals surface area contributed by atoms with Crippen molar-refractivity contribution < 1.29 is 9.90 Å². The number of aliphatic carboxylic acids is 1. The van der Waals surface area contributed by atoms with Crippen molar-refractivity contribution in [3.63, 3.8) is 0 Å². The van der Waals surface area contributed by atoms with Crippen LogP contribution in [0.2, 0.25) is 0 Å². The van der Waals surface area contributed by atoms with Crippen molar-refractivity contribution in [1.82, 2.24) is 10.2 Å². The minimum absolute atomic E-state index is 0.431. The third-order valence-corrected chi connectivity index (χ3v) is 2.70. The lowest BCUT2D eigenvalue weighted by molar-refractivity contribution is -0.139. The van der Waals surface area contributed by atoms with Gasteiger partial charge in [0.15, 0.2) is 0 Å². The van der Waals surface area contributed by atoms with Crippen LogP contribution in [0.25, 0.3) is 0 Å². The zero-order chi connectivity index (χ0) is 10.4. The first-order valence-corrected chi connectivity index (χ1v) is 5.38. The number of hydrogen-bond acceptors (Lipinski definition) is 3. The minimum Gasteiger partial charge on any atom is -0.480 e. The average Bonchev–Trinajstić information content (AvgIpc) is 2.19. The minimum atomic E-state index is -0.774. The predicted molar refractivity (Wildman–Crippen MR) is 55.4 cm³/mol. The molecular formula is C10H20N2O2. The van der Waals surface area contributed by atoms with Crippen LogP contribution < -0.4 is 5.32 Å². The molecule has 82 valence electrons. The highest BCUT2D eigenvalue weighted by molar-refractivity contribution is 5.72. The van der Waals surface area contributed by atoms with Crippen LogP contribution in [-0.2, 0) is 4.79 Å². The lowest BCUT2D eigenvalue weighted by atomic mass is 10.1. The van der Waals surface area contributed by atoms with E-state index in [0.717, 1.165) is 13.1 Å². The number of rotatable bonds is 5. The van der Waals surface area contributed by atoms with Gasteiger partial charge in [-0.15, -0.1) is 0 Å². The van der Waals surface area contributed by atoms with Gasteiger partial charge in [-0.1, -0.05) is 6.42 Å². The molecule has 1 saturated heterocycles. The van der Waals surface area contributed by atoms with E-state index in [-0.39, 0.29) is 0 Å². The summed E-state index contributed by atoms with van der Waals surface area (Å²) in [6.07, 6.45) is 3.92. The van der Waals surface area contributed by atoms with E-state index in [1.54, 1.807) is 6.92 Å². The Morgan fingerprint density at radius 1 is 1.43 bits per heavy atom. The Bertz CT molecular complexity index is 179. The molecule has 0 spiro atoms. The average molecular weight is 200 g/mol. The summed E-state index contributed by atoms with van der Waals surface area (Å²) in [5.74, 6) is -0.774. The number of piperidine rings is 1. The van der Waals surface area contributed by atoms with E-state index < -0.39 is 12.0 Å². The van der Waals surface area contributed by atoms with Crippen LogP contribution in [0, 0.1) is 0 Å². The maximum absolute atomic E-state index is 10.5. The summed E-state index contributed by atoms with van der Waals surface area (Å²) in [6.45, 7) is 5.76. The van der Waals surface area contributed by atoms with Gasteiger partial charge in [0, 0.05) is 13.1 Å². The molecular weight excluding hydrogens is 180 g/mol. The van der Waals surface area contributed by atoms with Crippen LogP contribution in [0.1, 0.15) is 26.2 Å². The van der Waals surface area contributed by atoms with Crippen LogP contribution in [0.15, 0.2) is 0 Å². The lowest BCUT2D eigenvalue weighted by Gasteiger charge is -2.26. The van der Waals surface area contributed by atoms with Gasteiger partial charge in [-0.25, -0.2) is 0 Å². The molecule has 0 unspecified atom stereocenters. The lowest BCUT2D eigenvalue weighted by Crippen LogP contribution is -2.41. The molecule has 0 bridgehead atoms. The molecule has 1 aliphatic rings. The summed E-state index contributed by atoms with van der Waals surface area (Å²) in [4.78, 5) is 12.9. The Morgan fingerprint density at radius 2 is 2.07 bits per heavy atom. The second-order valence-corrected chi connectivity index (χ2v) is 3.92. The van der Waals surface area contributed by atoms with Gasteiger partial charge in [0.25, 0.3) is 0 Å². The highest BCUT2D eigenvalue weighted by Crippen LogP contribution is 2.07. The van der Waals surface area contributed by atoms with Gasteiger partial charge in [0.2, 0.25) is 0 Å². The van der Waals surface area contributed by atoms with E-state index in [2.05, 4.69) is 10.2 Å². The number of carboxylic acid groups (broad SMARTS) is 1. The summed E-state index contributed by atoms with van der Waals surface area (Å²) in [6, 6.07) is -0.431. The predicted octanol–water partition coefficient (Wildman–Crippen LogP) is 0.535. The smallest absolute Gasteiger partial charge is 0.320 e. The number of hydrogen-bond donors (Lipinski definition) is 2. The number of nitrogens with zero attached hydrogens (tertiary/aromatic N) is 1. The highest BCUT2D eigenvalue weighted by atomic mass is 16.4. The number of nitrogens with one attached hydrogen (secondary N) is 1. The SMILES string of the molecule is C[C@@H](NCCN1CCCCC1)C(=O)O. The van der Waals surface area contributed by atoms with Crippen molar-refractivity contribution >= 4 is 5.97 Å². The largest absolute Gasteiger partial charge is 0.480 e. The van der Waals surface area contributed by atoms with Gasteiger partial charge in [-0.05, 0) is 32.9 Å². The number of carbonyl (C=O) groups is 1. The molecule has 2 N–H and O–H groups in total. The summed E-state index contributed by atoms with van der Waals surface area (Å²) in [7, 11) is 0. The third kappa shape index (κ3) is 4.07. The van der Waals surface area contributed by atoms with Crippen molar-refractivity contribution in [3.8, 4) is 0 Å².